The highest BCUT2D eigenvalue weighted by Crippen LogP contribution is 2.39. The molecule has 0 unspecified atom stereocenters. The first kappa shape index (κ1) is 18.0. The van der Waals surface area contributed by atoms with Gasteiger partial charge in [0.05, 0.1) is 12.1 Å². The van der Waals surface area contributed by atoms with Crippen molar-refractivity contribution in [3.63, 3.8) is 0 Å². The number of aromatic nitrogens is 2. The van der Waals surface area contributed by atoms with E-state index in [2.05, 4.69) is 16.9 Å². The largest absolute Gasteiger partial charge is 0.475 e. The van der Waals surface area contributed by atoms with Crippen LogP contribution >= 0.6 is 0 Å². The standard InChI is InChI=1S/C20H25FN4O2/c1-23-9-4-6-17(23)19(26)25-13-20(14-25)11-15(7-10-24(20)2)12-27-18-16(21)5-3-8-22-18/h3-6,8-9,15H,7,10-14H2,1-2H3/t15-/m0/s1. The van der Waals surface area contributed by atoms with Gasteiger partial charge in [-0.15, -0.1) is 0 Å². The summed E-state index contributed by atoms with van der Waals surface area (Å²) in [6.45, 7) is 2.85. The Bertz CT molecular complexity index is 831. The number of likely N-dealkylation sites (N-methyl/N-ethyl adjacent to an activating group) is 1. The number of aryl methyl sites for hydroxylation is 1. The lowest BCUT2D eigenvalue weighted by molar-refractivity contribution is -0.0699. The van der Waals surface area contributed by atoms with Crippen molar-refractivity contribution < 1.29 is 13.9 Å². The highest BCUT2D eigenvalue weighted by Gasteiger charge is 2.51. The molecule has 6 nitrogen and oxygen atoms in total. The van der Waals surface area contributed by atoms with Gasteiger partial charge in [-0.3, -0.25) is 9.69 Å². The highest BCUT2D eigenvalue weighted by molar-refractivity contribution is 5.93. The van der Waals surface area contributed by atoms with Crippen molar-refractivity contribution in [2.24, 2.45) is 13.0 Å². The van der Waals surface area contributed by atoms with Gasteiger partial charge in [-0.25, -0.2) is 9.37 Å². The Kier molecular flexibility index (Phi) is 4.63. The van der Waals surface area contributed by atoms with Gasteiger partial charge in [0.2, 0.25) is 5.88 Å². The zero-order valence-electron chi connectivity index (χ0n) is 15.8. The molecule has 2 aliphatic rings. The fraction of sp³-hybridized carbons (Fsp3) is 0.500. The van der Waals surface area contributed by atoms with Crippen molar-refractivity contribution >= 4 is 5.91 Å². The number of carbonyl (C=O) groups excluding carboxylic acids is 1. The summed E-state index contributed by atoms with van der Waals surface area (Å²) < 4.78 is 21.2. The van der Waals surface area contributed by atoms with Crippen molar-refractivity contribution in [2.75, 3.05) is 33.3 Å². The van der Waals surface area contributed by atoms with Crippen LogP contribution in [0.3, 0.4) is 0 Å². The topological polar surface area (TPSA) is 50.6 Å². The highest BCUT2D eigenvalue weighted by atomic mass is 19.1. The molecule has 2 saturated heterocycles. The molecule has 2 aliphatic heterocycles. The van der Waals surface area contributed by atoms with Gasteiger partial charge in [0.15, 0.2) is 5.82 Å². The minimum Gasteiger partial charge on any atom is -0.475 e. The van der Waals surface area contributed by atoms with E-state index in [1.807, 2.05) is 34.8 Å². The van der Waals surface area contributed by atoms with Crippen LogP contribution in [-0.2, 0) is 7.05 Å². The molecule has 1 amide bonds. The first-order valence-corrected chi connectivity index (χ1v) is 9.34. The van der Waals surface area contributed by atoms with Crippen LogP contribution in [0.2, 0.25) is 0 Å². The van der Waals surface area contributed by atoms with Crippen molar-refractivity contribution in [2.45, 2.75) is 18.4 Å². The van der Waals surface area contributed by atoms with E-state index in [4.69, 9.17) is 4.74 Å². The SMILES string of the molecule is CN1CC[C@H](COc2ncccc2F)CC12CN(C(=O)c1cccn1C)C2. The van der Waals surface area contributed by atoms with Crippen LogP contribution in [0.4, 0.5) is 4.39 Å². The molecule has 4 rings (SSSR count). The number of hydrogen-bond acceptors (Lipinski definition) is 4. The summed E-state index contributed by atoms with van der Waals surface area (Å²) in [6, 6.07) is 6.66. The first-order valence-electron chi connectivity index (χ1n) is 9.34. The Morgan fingerprint density at radius 3 is 2.85 bits per heavy atom. The van der Waals surface area contributed by atoms with Gasteiger partial charge in [-0.2, -0.15) is 0 Å². The van der Waals surface area contributed by atoms with Gasteiger partial charge in [-0.1, -0.05) is 0 Å². The van der Waals surface area contributed by atoms with E-state index in [9.17, 15) is 9.18 Å². The third-order valence-electron chi connectivity index (χ3n) is 5.95. The van der Waals surface area contributed by atoms with Crippen LogP contribution in [-0.4, -0.2) is 64.1 Å². The van der Waals surface area contributed by atoms with Gasteiger partial charge in [0.25, 0.3) is 5.91 Å². The molecule has 0 aliphatic carbocycles. The minimum absolute atomic E-state index is 0.00420. The van der Waals surface area contributed by atoms with Crippen LogP contribution < -0.4 is 4.74 Å². The van der Waals surface area contributed by atoms with Gasteiger partial charge in [0.1, 0.15) is 5.69 Å². The predicted octanol–water partition coefficient (Wildman–Crippen LogP) is 2.17. The Balaban J connectivity index is 1.37. The first-order chi connectivity index (χ1) is 13.0. The third-order valence-corrected chi connectivity index (χ3v) is 5.95. The maximum atomic E-state index is 13.7. The second kappa shape index (κ2) is 6.96. The maximum Gasteiger partial charge on any atom is 0.270 e. The molecule has 2 fully saturated rings. The minimum atomic E-state index is -0.428. The molecule has 0 aromatic carbocycles. The van der Waals surface area contributed by atoms with Crippen molar-refractivity contribution in [3.8, 4) is 5.88 Å². The molecule has 1 atom stereocenters. The number of hydrogen-bond donors (Lipinski definition) is 0. The second-order valence-corrected chi connectivity index (χ2v) is 7.77. The lowest BCUT2D eigenvalue weighted by Crippen LogP contribution is -2.72. The molecule has 0 radical (unpaired) electrons. The summed E-state index contributed by atoms with van der Waals surface area (Å²) in [7, 11) is 4.01. The van der Waals surface area contributed by atoms with E-state index < -0.39 is 5.82 Å². The average molecular weight is 372 g/mol. The molecule has 4 heterocycles. The fourth-order valence-electron chi connectivity index (χ4n) is 4.25. The number of likely N-dealkylation sites (tertiary alicyclic amines) is 2. The van der Waals surface area contributed by atoms with Crippen LogP contribution in [0.5, 0.6) is 5.88 Å². The van der Waals surface area contributed by atoms with Crippen LogP contribution in [0.15, 0.2) is 36.7 Å². The van der Waals surface area contributed by atoms with Crippen LogP contribution in [0, 0.1) is 11.7 Å². The quantitative estimate of drug-likeness (QED) is 0.826. The van der Waals surface area contributed by atoms with E-state index in [1.54, 1.807) is 6.07 Å². The van der Waals surface area contributed by atoms with Crippen LogP contribution in [0.25, 0.3) is 0 Å². The van der Waals surface area contributed by atoms with Gasteiger partial charge in [0, 0.05) is 32.5 Å². The number of carbonyl (C=O) groups is 1. The number of halogens is 1. The third kappa shape index (κ3) is 3.32. The molecule has 0 N–H and O–H groups in total. The molecule has 0 saturated carbocycles. The van der Waals surface area contributed by atoms with Crippen molar-refractivity contribution in [1.82, 2.24) is 19.4 Å². The maximum absolute atomic E-state index is 13.7. The Labute approximate surface area is 158 Å². The Morgan fingerprint density at radius 2 is 2.15 bits per heavy atom. The second-order valence-electron chi connectivity index (χ2n) is 7.77. The molecule has 7 heteroatoms. The van der Waals surface area contributed by atoms with Gasteiger partial charge < -0.3 is 14.2 Å². The number of rotatable bonds is 4. The summed E-state index contributed by atoms with van der Waals surface area (Å²) >= 11 is 0. The van der Waals surface area contributed by atoms with E-state index >= 15 is 0 Å². The predicted molar refractivity (Wildman–Crippen MR) is 99.1 cm³/mol. The summed E-state index contributed by atoms with van der Waals surface area (Å²) in [5.74, 6) is 0.0491. The molecular formula is C20H25FN4O2. The fourth-order valence-corrected chi connectivity index (χ4v) is 4.25. The Morgan fingerprint density at radius 1 is 1.33 bits per heavy atom. The van der Waals surface area contributed by atoms with E-state index in [-0.39, 0.29) is 17.3 Å². The van der Waals surface area contributed by atoms with Crippen molar-refractivity contribution in [1.29, 1.82) is 0 Å². The zero-order valence-corrected chi connectivity index (χ0v) is 15.8. The van der Waals surface area contributed by atoms with Crippen LogP contribution in [0.1, 0.15) is 23.3 Å². The summed E-state index contributed by atoms with van der Waals surface area (Å²) in [5, 5.41) is 0. The smallest absolute Gasteiger partial charge is 0.270 e. The zero-order chi connectivity index (χ0) is 19.0. The van der Waals surface area contributed by atoms with Crippen molar-refractivity contribution in [3.05, 3.63) is 48.2 Å². The molecule has 2 aromatic rings. The lowest BCUT2D eigenvalue weighted by Gasteiger charge is -2.58. The van der Waals surface area contributed by atoms with E-state index in [0.717, 1.165) is 32.5 Å². The Hall–Kier alpha value is -2.41. The number of ether oxygens (including phenoxy) is 1. The normalized spacial score (nSPS) is 21.9. The molecule has 27 heavy (non-hydrogen) atoms. The van der Waals surface area contributed by atoms with E-state index in [1.165, 1.54) is 12.3 Å². The molecule has 1 spiro atoms. The van der Waals surface area contributed by atoms with E-state index in [0.29, 0.717) is 18.2 Å². The number of pyridine rings is 1. The molecule has 0 bridgehead atoms. The molecular weight excluding hydrogens is 347 g/mol. The summed E-state index contributed by atoms with van der Waals surface area (Å²) in [4.78, 5) is 20.9. The van der Waals surface area contributed by atoms with Gasteiger partial charge >= 0.3 is 0 Å². The number of amides is 1. The summed E-state index contributed by atoms with van der Waals surface area (Å²) in [5.41, 5.74) is 0.712. The molecule has 2 aromatic heterocycles. The average Bonchev–Trinajstić information content (AvgIpc) is 3.06. The lowest BCUT2D eigenvalue weighted by atomic mass is 9.75. The molecule has 144 valence electrons. The number of piperidine rings is 1. The monoisotopic (exact) mass is 372 g/mol. The number of nitrogens with zero attached hydrogens (tertiary/aromatic N) is 4. The summed E-state index contributed by atoms with van der Waals surface area (Å²) in [6.07, 6.45) is 5.36. The van der Waals surface area contributed by atoms with Gasteiger partial charge in [-0.05, 0) is 56.6 Å².